The lowest BCUT2D eigenvalue weighted by Crippen LogP contribution is -1.77. The Morgan fingerprint density at radius 2 is 0.241 bits per heavy atom. The average Bonchev–Trinajstić information content (AvgIpc) is 3.49. The fourth-order valence-electron chi connectivity index (χ4n) is 0. The number of aliphatic hydroxyl groups excluding tert-OH is 1. The minimum Gasteiger partial charge on any atom is -0.397 e. The molecule has 0 aromatic rings. The second kappa shape index (κ2) is 749. The Hall–Kier alpha value is -4.11. The van der Waals surface area contributed by atoms with Crippen molar-refractivity contribution in [2.24, 2.45) is 75.8 Å². The molecule has 0 bridgehead atoms. The molecule has 0 amide bonds. The Labute approximate surface area is 498 Å². The maximum Gasteiger partial charge on any atom is 0.106 e. The van der Waals surface area contributed by atoms with E-state index in [4.69, 9.17) is 57.8 Å². The van der Waals surface area contributed by atoms with Crippen molar-refractivity contribution >= 4 is 74.7 Å². The quantitative estimate of drug-likeness (QED) is 0.122. The van der Waals surface area contributed by atoms with Gasteiger partial charge in [-0.2, -0.15) is 0 Å². The van der Waals surface area contributed by atoms with E-state index in [1.165, 1.54) is 74.4 Å². The molecule has 23 nitrogen and oxygen atoms in total. The van der Waals surface area contributed by atoms with Gasteiger partial charge in [-0.25, -0.2) is 0 Å². The van der Waals surface area contributed by atoms with Gasteiger partial charge in [-0.15, -0.1) is 0 Å². The first kappa shape index (κ1) is 222. The highest BCUT2D eigenvalue weighted by molar-refractivity contribution is 5.12. The van der Waals surface area contributed by atoms with Gasteiger partial charge in [-0.3, -0.25) is 0 Å². The predicted molar refractivity (Wildman–Crippen MR) is 366 cm³/mol. The van der Waals surface area contributed by atoms with Gasteiger partial charge in [0.2, 0.25) is 0 Å². The zero-order valence-electron chi connectivity index (χ0n) is 60.0. The number of carbonyl (C=O) groups is 11. The summed E-state index contributed by atoms with van der Waals surface area (Å²) in [6, 6.07) is 0. The third-order valence-electron chi connectivity index (χ3n) is 4.08. The topological polar surface area (TPSA) is 539 Å². The number of rotatable bonds is 5. The summed E-state index contributed by atoms with van der Waals surface area (Å²) in [5.41, 5.74) is 27.0. The van der Waals surface area contributed by atoms with Crippen LogP contribution in [0.5, 0.6) is 0 Å². The number of nitrogens with two attached hydrogens (primary N) is 6. The van der Waals surface area contributed by atoms with Crippen LogP contribution in [0.2, 0.25) is 0 Å². The number of hydrogen-bond donors (Lipinski definition) is 12. The molecule has 28 N–H and O–H groups in total. The Bertz CT molecular complexity index is 381. The first-order valence-electron chi connectivity index (χ1n) is 24.5. The maximum absolute atomic E-state index is 8.00. The summed E-state index contributed by atoms with van der Waals surface area (Å²) in [6.07, 6.45) is 6.53. The molecule has 0 unspecified atom stereocenters. The minimum atomic E-state index is 0. The van der Waals surface area contributed by atoms with Gasteiger partial charge in [-0.1, -0.05) is 205 Å². The monoisotopic (exact) mass is 1180 g/mol. The van der Waals surface area contributed by atoms with E-state index in [2.05, 4.69) is 180 Å². The normalized spacial score (nSPS) is 5.34. The van der Waals surface area contributed by atoms with E-state index in [0.717, 1.165) is 41.4 Å². The molecule has 0 fully saturated rings. The van der Waals surface area contributed by atoms with E-state index in [1.54, 1.807) is 6.92 Å². The second-order valence-corrected chi connectivity index (χ2v) is 12.8. The van der Waals surface area contributed by atoms with Gasteiger partial charge in [0, 0.05) is 6.61 Å². The van der Waals surface area contributed by atoms with E-state index in [9.17, 15) is 0 Å². The van der Waals surface area contributed by atoms with Crippen molar-refractivity contribution in [1.82, 2.24) is 30.8 Å². The van der Waals surface area contributed by atoms with Crippen molar-refractivity contribution in [1.29, 1.82) is 0 Å². The van der Waals surface area contributed by atoms with Crippen LogP contribution in [-0.4, -0.2) is 129 Å². The van der Waals surface area contributed by atoms with Crippen molar-refractivity contribution in [3.8, 4) is 0 Å². The van der Waals surface area contributed by atoms with Gasteiger partial charge in [0.1, 0.15) is 74.7 Å². The lowest BCUT2D eigenvalue weighted by molar-refractivity contribution is -0.0987. The third-order valence-corrected chi connectivity index (χ3v) is 4.08. The largest absolute Gasteiger partial charge is 0.397 e. The smallest absolute Gasteiger partial charge is 0.106 e. The number of carbonyl (C=O) groups excluding carboxylic acids is 11. The van der Waals surface area contributed by atoms with E-state index < -0.39 is 0 Å². The zero-order chi connectivity index (χ0) is 69.3. The molecular weight excluding hydrogens is 1020 g/mol. The highest BCUT2D eigenvalue weighted by atomic mass is 16.2. The summed E-state index contributed by atoms with van der Waals surface area (Å²) < 4.78 is 0. The first-order valence-corrected chi connectivity index (χ1v) is 24.5. The van der Waals surface area contributed by atoms with Gasteiger partial charge >= 0.3 is 0 Å². The Morgan fingerprint density at radius 1 is 0.228 bits per heavy atom. The summed E-state index contributed by atoms with van der Waals surface area (Å²) in [7, 11) is 9.00. The molecule has 23 heteroatoms. The molecule has 0 aromatic heterocycles. The van der Waals surface area contributed by atoms with Crippen LogP contribution < -0.4 is 65.2 Å². The van der Waals surface area contributed by atoms with Crippen LogP contribution >= 0.6 is 0 Å². The molecule has 0 aromatic carbocycles. The molecule has 0 saturated carbocycles. The van der Waals surface area contributed by atoms with Crippen LogP contribution in [0.1, 0.15) is 212 Å². The molecule has 0 saturated heterocycles. The van der Waals surface area contributed by atoms with E-state index >= 15 is 0 Å². The molecule has 0 aliphatic carbocycles. The fraction of sp³-hybridized carbons (Fsp3) is 0.804. The van der Waals surface area contributed by atoms with Crippen LogP contribution in [0.25, 0.3) is 0 Å². The van der Waals surface area contributed by atoms with Gasteiger partial charge in [0.25, 0.3) is 0 Å². The third kappa shape index (κ3) is 11000. The molecule has 0 rings (SSSR count). The van der Waals surface area contributed by atoms with Crippen molar-refractivity contribution in [2.75, 3.05) is 48.9 Å². The van der Waals surface area contributed by atoms with Crippen LogP contribution in [0.4, 0.5) is 0 Å². The van der Waals surface area contributed by atoms with Crippen LogP contribution in [-0.2, 0) is 52.7 Å². The van der Waals surface area contributed by atoms with Gasteiger partial charge in [0.15, 0.2) is 0 Å². The molecule has 516 valence electrons. The zero-order valence-corrected chi connectivity index (χ0v) is 60.0. The van der Waals surface area contributed by atoms with Crippen LogP contribution in [0.3, 0.4) is 0 Å². The Kier molecular flexibility index (Phi) is 2110. The average molecular weight is 1190 g/mol. The molecular formula is C56H165N11O12. The summed E-state index contributed by atoms with van der Waals surface area (Å²) in [6.45, 7) is 78.1. The highest BCUT2D eigenvalue weighted by Crippen LogP contribution is 1.95. The highest BCUT2D eigenvalue weighted by Gasteiger charge is 1.82. The van der Waals surface area contributed by atoms with Crippen LogP contribution in [0.15, 0.2) is 0 Å². The Balaban J connectivity index is -0.00000000977. The molecule has 0 aliphatic heterocycles. The molecule has 79 heavy (non-hydrogen) atoms. The summed E-state index contributed by atoms with van der Waals surface area (Å²) in [5, 5.41) is 7.57. The lowest BCUT2D eigenvalue weighted by Gasteiger charge is -1.90. The second-order valence-electron chi connectivity index (χ2n) is 12.8. The number of hydrogen-bond acceptors (Lipinski definition) is 23. The molecule has 0 heterocycles. The molecule has 0 radical (unpaired) electrons. The lowest BCUT2D eigenvalue weighted by atomic mass is 10.2. The van der Waals surface area contributed by atoms with Gasteiger partial charge < -0.3 is 123 Å². The summed E-state index contributed by atoms with van der Waals surface area (Å²) >= 11 is 0. The minimum absolute atomic E-state index is 0. The van der Waals surface area contributed by atoms with E-state index in [0.29, 0.717) is 0 Å². The molecule has 0 atom stereocenters. The predicted octanol–water partition coefficient (Wildman–Crippen LogP) is 11.9. The van der Waals surface area contributed by atoms with Crippen molar-refractivity contribution in [3.05, 3.63) is 0 Å². The first-order chi connectivity index (χ1) is 35.2. The molecule has 0 spiro atoms. The Morgan fingerprint density at radius 3 is 0.241 bits per heavy atom. The summed E-state index contributed by atoms with van der Waals surface area (Å²) in [4.78, 5) is 88.0. The van der Waals surface area contributed by atoms with Gasteiger partial charge in [0.05, 0.1) is 0 Å². The van der Waals surface area contributed by atoms with Crippen molar-refractivity contribution < 1.29 is 57.8 Å². The molecule has 0 aliphatic rings. The maximum atomic E-state index is 8.00. The van der Waals surface area contributed by atoms with Crippen molar-refractivity contribution in [2.45, 2.75) is 212 Å². The van der Waals surface area contributed by atoms with E-state index in [-0.39, 0.29) is 37.4 Å². The van der Waals surface area contributed by atoms with Crippen molar-refractivity contribution in [3.63, 3.8) is 0 Å². The SMILES string of the molecule is C=O.C=O.C=O.C=O.C=O.C=O.C=O.C=O.C=O.C=O.C=O.CC.CC.CC(C)C.CC(C)C.CCC(C)C.CCC(C)C.CCC(C)C.CCC(C)C.CCC(C)C.CCO.CN.CN.CN.CN.CN.CN.N.N.N.N.N. The standard InChI is InChI=1S/5C5H12.2C4H10.C2H6O.2C2H6.6CH5N.11CH2O.5H3N/c5*1-4-5(2)3;2*1-4(2)3;1-2-3;19*1-2;;;;;/h5*5H,4H2,1-3H3;2*4H,1-3H3;3H,2H2,1H3;2*1-2H3;6*2H2,1H3;11*1H2;5*1H3. The summed E-state index contributed by atoms with van der Waals surface area (Å²) in [5.74, 6) is 6.09. The number of aliphatic hydroxyl groups is 1. The fourth-order valence-corrected chi connectivity index (χ4v) is 0. The van der Waals surface area contributed by atoms with Crippen LogP contribution in [0, 0.1) is 41.4 Å². The van der Waals surface area contributed by atoms with Gasteiger partial charge in [-0.05, 0) is 90.6 Å². The van der Waals surface area contributed by atoms with E-state index in [1.807, 2.05) is 102 Å².